The number of hydrogen-bond acceptors (Lipinski definition) is 10. The third kappa shape index (κ3) is 9.78. The maximum Gasteiger partial charge on any atom is 0.164 e. The van der Waals surface area contributed by atoms with Crippen LogP contribution in [0.5, 0.6) is 0 Å². The number of furan rings is 2. The number of fused-ring (bicyclic) bond motifs is 17. The summed E-state index contributed by atoms with van der Waals surface area (Å²) in [7, 11) is 0. The predicted octanol–water partition coefficient (Wildman–Crippen LogP) is 24.9. The average molecular weight is 1360 g/mol. The van der Waals surface area contributed by atoms with Gasteiger partial charge in [0.15, 0.2) is 34.9 Å². The minimum absolute atomic E-state index is 0.192. The fraction of sp³-hybridized carbons (Fsp3) is 0.0632. The Morgan fingerprint density at radius 1 is 0.257 bits per heavy atom. The maximum atomic E-state index is 6.69. The van der Waals surface area contributed by atoms with Crippen LogP contribution in [0.25, 0.3) is 199 Å². The normalized spacial score (nSPS) is 13.3. The Bertz CT molecular complexity index is 6830. The molecule has 0 radical (unpaired) electrons. The van der Waals surface area contributed by atoms with Crippen LogP contribution in [0.15, 0.2) is 306 Å². The summed E-state index contributed by atoms with van der Waals surface area (Å²) in [5, 5.41) is 6.99. The number of benzene rings is 13. The lowest BCUT2D eigenvalue weighted by atomic mass is 9.82. The first kappa shape index (κ1) is 60.6. The number of para-hydroxylation sites is 2. The van der Waals surface area contributed by atoms with Crippen LogP contribution < -0.4 is 0 Å². The van der Waals surface area contributed by atoms with Crippen LogP contribution in [0.1, 0.15) is 49.9 Å². The molecule has 0 bridgehead atoms. The molecule has 0 N–H and O–H groups in total. The second-order valence-electron chi connectivity index (χ2n) is 28.7. The lowest BCUT2D eigenvalue weighted by Crippen LogP contribution is -2.14. The molecule has 21 rings (SSSR count). The highest BCUT2D eigenvalue weighted by atomic mass is 32.1. The second kappa shape index (κ2) is 23.2. The topological polar surface area (TPSA) is 117 Å². The van der Waals surface area contributed by atoms with Crippen molar-refractivity contribution in [2.24, 2.45) is 0 Å². The molecule has 494 valence electrons. The van der Waals surface area contributed by atoms with Crippen molar-refractivity contribution in [3.8, 4) is 135 Å². The molecule has 0 unspecified atom stereocenters. The van der Waals surface area contributed by atoms with Gasteiger partial charge in [-0.15, -0.1) is 11.3 Å². The number of pyridine rings is 1. The predicted molar refractivity (Wildman–Crippen MR) is 428 cm³/mol. The van der Waals surface area contributed by atoms with Gasteiger partial charge in [-0.05, 0) is 116 Å². The minimum atomic E-state index is -0.201. The van der Waals surface area contributed by atoms with Gasteiger partial charge in [0.2, 0.25) is 0 Å². The fourth-order valence-electron chi connectivity index (χ4n) is 16.4. The third-order valence-electron chi connectivity index (χ3n) is 21.9. The summed E-state index contributed by atoms with van der Waals surface area (Å²) < 4.78 is 15.8. The summed E-state index contributed by atoms with van der Waals surface area (Å²) in [5.74, 6) is 3.54. The molecule has 6 aromatic heterocycles. The number of aromatic nitrogens is 7. The van der Waals surface area contributed by atoms with E-state index >= 15 is 0 Å². The van der Waals surface area contributed by atoms with E-state index in [4.69, 9.17) is 43.7 Å². The lowest BCUT2D eigenvalue weighted by molar-refractivity contribution is 0.653. The van der Waals surface area contributed by atoms with Crippen LogP contribution in [-0.4, -0.2) is 34.9 Å². The zero-order chi connectivity index (χ0) is 69.8. The molecular weight excluding hydrogens is 1300 g/mol. The van der Waals surface area contributed by atoms with Crippen molar-refractivity contribution < 1.29 is 8.83 Å². The molecule has 0 aliphatic heterocycles. The number of rotatable bonds is 10. The van der Waals surface area contributed by atoms with Gasteiger partial charge in [-0.25, -0.2) is 29.9 Å². The Labute approximate surface area is 608 Å². The van der Waals surface area contributed by atoms with E-state index in [1.807, 2.05) is 48.7 Å². The molecule has 0 saturated heterocycles. The van der Waals surface area contributed by atoms with Crippen molar-refractivity contribution in [3.05, 3.63) is 320 Å². The molecule has 19 aromatic rings. The Hall–Kier alpha value is -13.2. The summed E-state index contributed by atoms with van der Waals surface area (Å²) >= 11 is 1.78. The van der Waals surface area contributed by atoms with E-state index in [2.05, 4.69) is 276 Å². The Balaban J connectivity index is 0.577. The van der Waals surface area contributed by atoms with Gasteiger partial charge >= 0.3 is 0 Å². The van der Waals surface area contributed by atoms with Crippen molar-refractivity contribution in [1.82, 2.24) is 34.9 Å². The van der Waals surface area contributed by atoms with Crippen molar-refractivity contribution in [2.75, 3.05) is 0 Å². The van der Waals surface area contributed by atoms with Crippen molar-refractivity contribution in [2.45, 2.75) is 38.5 Å². The van der Waals surface area contributed by atoms with E-state index in [1.165, 1.54) is 64.7 Å². The second-order valence-corrected chi connectivity index (χ2v) is 29.8. The summed E-state index contributed by atoms with van der Waals surface area (Å²) in [6.07, 6.45) is 1.94. The molecule has 0 saturated carbocycles. The standard InChI is InChI=1S/C95H61N7O2S/c1-94(2)75-43-37-61(50-73(75)84-77(94)45-41-71-67-22-8-11-25-80(67)103-86(71)84)59-18-14-20-63(48-59)91-98-88(56-16-6-5-7-17-56)97-89(99-91)57-32-28-54(29-33-57)66-39-47-79(96-53-66)55-30-34-58(35-31-55)90-100-92(102-93(101-90)65-36-40-70-69-24-10-13-27-82(69)105-83(70)52-65)64-21-15-19-60(49-64)62-38-44-76-74(51-62)85-78(95(76,3)4)46-42-72-68-23-9-12-26-81(68)104-87(72)85/h5-53H,1-4H3. The Morgan fingerprint density at radius 3 is 1.15 bits per heavy atom. The smallest absolute Gasteiger partial charge is 0.164 e. The van der Waals surface area contributed by atoms with Gasteiger partial charge < -0.3 is 8.83 Å². The first-order valence-electron chi connectivity index (χ1n) is 35.6. The zero-order valence-electron chi connectivity index (χ0n) is 57.6. The van der Waals surface area contributed by atoms with E-state index in [-0.39, 0.29) is 10.8 Å². The van der Waals surface area contributed by atoms with Crippen LogP contribution >= 0.6 is 11.3 Å². The van der Waals surface area contributed by atoms with Gasteiger partial charge in [-0.2, -0.15) is 0 Å². The Morgan fingerprint density at radius 2 is 0.629 bits per heavy atom. The van der Waals surface area contributed by atoms with Crippen LogP contribution in [0.4, 0.5) is 0 Å². The molecule has 0 amide bonds. The molecule has 105 heavy (non-hydrogen) atoms. The van der Waals surface area contributed by atoms with Crippen LogP contribution in [0, 0.1) is 0 Å². The summed E-state index contributed by atoms with van der Waals surface area (Å²) in [6.45, 7) is 9.25. The van der Waals surface area contributed by atoms with E-state index in [0.29, 0.717) is 34.9 Å². The molecule has 10 heteroatoms. The summed E-state index contributed by atoms with van der Waals surface area (Å²) in [4.78, 5) is 36.3. The molecule has 6 heterocycles. The molecule has 9 nitrogen and oxygen atoms in total. The van der Waals surface area contributed by atoms with Gasteiger partial charge in [0, 0.05) is 114 Å². The number of hydrogen-bond donors (Lipinski definition) is 0. The van der Waals surface area contributed by atoms with Crippen molar-refractivity contribution in [3.63, 3.8) is 0 Å². The third-order valence-corrected chi connectivity index (χ3v) is 23.0. The van der Waals surface area contributed by atoms with Gasteiger partial charge in [-0.1, -0.05) is 264 Å². The van der Waals surface area contributed by atoms with Crippen molar-refractivity contribution in [1.29, 1.82) is 0 Å². The van der Waals surface area contributed by atoms with E-state index in [0.717, 1.165) is 122 Å². The monoisotopic (exact) mass is 1360 g/mol. The molecule has 0 fully saturated rings. The quantitative estimate of drug-likeness (QED) is 0.132. The Kier molecular flexibility index (Phi) is 13.4. The van der Waals surface area contributed by atoms with E-state index < -0.39 is 0 Å². The minimum Gasteiger partial charge on any atom is -0.455 e. The molecule has 0 atom stereocenters. The highest BCUT2D eigenvalue weighted by Crippen LogP contribution is 2.56. The van der Waals surface area contributed by atoms with Gasteiger partial charge in [0.1, 0.15) is 22.3 Å². The lowest BCUT2D eigenvalue weighted by Gasteiger charge is -2.21. The summed E-state index contributed by atoms with van der Waals surface area (Å²) in [6, 6.07) is 103. The average Bonchev–Trinajstić information content (AvgIpc) is 1.56. The summed E-state index contributed by atoms with van der Waals surface area (Å²) in [5.41, 5.74) is 26.6. The number of nitrogens with zero attached hydrogens (tertiary/aromatic N) is 7. The maximum absolute atomic E-state index is 6.69. The number of thiophene rings is 1. The highest BCUT2D eigenvalue weighted by molar-refractivity contribution is 7.25. The fourth-order valence-corrected chi connectivity index (χ4v) is 17.5. The molecule has 2 aliphatic carbocycles. The molecule has 13 aromatic carbocycles. The first-order chi connectivity index (χ1) is 51.5. The first-order valence-corrected chi connectivity index (χ1v) is 36.4. The zero-order valence-corrected chi connectivity index (χ0v) is 58.5. The van der Waals surface area contributed by atoms with Gasteiger partial charge in [0.25, 0.3) is 0 Å². The van der Waals surface area contributed by atoms with Gasteiger partial charge in [-0.3, -0.25) is 4.98 Å². The highest BCUT2D eigenvalue weighted by Gasteiger charge is 2.40. The van der Waals surface area contributed by atoms with Crippen molar-refractivity contribution >= 4 is 75.4 Å². The van der Waals surface area contributed by atoms with Crippen LogP contribution in [-0.2, 0) is 10.8 Å². The molecule has 0 spiro atoms. The van der Waals surface area contributed by atoms with E-state index in [1.54, 1.807) is 11.3 Å². The molecular formula is C95H61N7O2S. The van der Waals surface area contributed by atoms with Gasteiger partial charge in [0.05, 0.1) is 5.69 Å². The molecule has 2 aliphatic rings. The SMILES string of the molecule is CC1(C)c2ccc(-c3cccc(-c4nc(-c5ccccc5)nc(-c5ccc(-c6ccc(-c7ccc(-c8nc(-c9cccc(-c%10ccc%11c(c%10)-c%10c(ccc%12c%10oc%10ccccc%10%12)C%11(C)C)c9)nc(-c9ccc%10c(c9)sc9ccccc9%10)n8)cc7)nc6)cc5)n4)c3)cc2-c2c1ccc1c2oc2ccccc21. The van der Waals surface area contributed by atoms with Crippen LogP contribution in [0.3, 0.4) is 0 Å². The largest absolute Gasteiger partial charge is 0.455 e. The van der Waals surface area contributed by atoms with E-state index in [9.17, 15) is 0 Å². The van der Waals surface area contributed by atoms with Crippen LogP contribution in [0.2, 0.25) is 0 Å².